The molecule has 1 aromatic rings. The highest BCUT2D eigenvalue weighted by atomic mass is 16.5. The molecule has 0 heterocycles. The summed E-state index contributed by atoms with van der Waals surface area (Å²) >= 11 is 0. The van der Waals surface area contributed by atoms with Crippen molar-refractivity contribution in [3.8, 4) is 0 Å². The molecular formula is C17H27NO2. The van der Waals surface area contributed by atoms with Crippen molar-refractivity contribution in [2.45, 2.75) is 58.8 Å². The molecule has 0 bridgehead atoms. The largest absolute Gasteiger partial charge is 0.462 e. The predicted octanol–water partition coefficient (Wildman–Crippen LogP) is 4.48. The van der Waals surface area contributed by atoms with E-state index in [-0.39, 0.29) is 5.97 Å². The second kappa shape index (κ2) is 9.40. The van der Waals surface area contributed by atoms with Crippen LogP contribution in [-0.4, -0.2) is 12.6 Å². The molecule has 1 rings (SSSR count). The average Bonchev–Trinajstić information content (AvgIpc) is 2.44. The number of aryl methyl sites for hydroxylation is 1. The lowest BCUT2D eigenvalue weighted by atomic mass is 10.1. The van der Waals surface area contributed by atoms with Crippen LogP contribution in [0.5, 0.6) is 0 Å². The highest BCUT2D eigenvalue weighted by molar-refractivity contribution is 5.95. The number of hydrogen-bond donors (Lipinski definition) is 1. The number of unbranched alkanes of at least 4 members (excludes halogenated alkanes) is 6. The first kappa shape index (κ1) is 16.5. The molecule has 0 amide bonds. The van der Waals surface area contributed by atoms with E-state index in [1.807, 2.05) is 13.0 Å². The van der Waals surface area contributed by atoms with Gasteiger partial charge in [-0.1, -0.05) is 57.1 Å². The number of esters is 1. The topological polar surface area (TPSA) is 52.3 Å². The summed E-state index contributed by atoms with van der Waals surface area (Å²) in [5, 5.41) is 0. The summed E-state index contributed by atoms with van der Waals surface area (Å²) in [7, 11) is 0. The van der Waals surface area contributed by atoms with Gasteiger partial charge in [-0.05, 0) is 25.5 Å². The molecule has 0 radical (unpaired) electrons. The fourth-order valence-corrected chi connectivity index (χ4v) is 2.15. The maximum absolute atomic E-state index is 11.9. The zero-order valence-electron chi connectivity index (χ0n) is 12.8. The fourth-order valence-electron chi connectivity index (χ4n) is 2.15. The van der Waals surface area contributed by atoms with Gasteiger partial charge in [0.1, 0.15) is 0 Å². The average molecular weight is 277 g/mol. The van der Waals surface area contributed by atoms with Crippen LogP contribution in [0.4, 0.5) is 5.69 Å². The van der Waals surface area contributed by atoms with E-state index in [4.69, 9.17) is 10.5 Å². The zero-order valence-corrected chi connectivity index (χ0v) is 12.8. The van der Waals surface area contributed by atoms with Gasteiger partial charge in [0.05, 0.1) is 12.2 Å². The quantitative estimate of drug-likeness (QED) is 0.411. The lowest BCUT2D eigenvalue weighted by molar-refractivity contribution is 0.0499. The van der Waals surface area contributed by atoms with E-state index < -0.39 is 0 Å². The van der Waals surface area contributed by atoms with Crippen molar-refractivity contribution in [1.82, 2.24) is 0 Å². The Balaban J connectivity index is 2.18. The first-order valence-corrected chi connectivity index (χ1v) is 7.68. The van der Waals surface area contributed by atoms with Gasteiger partial charge < -0.3 is 10.5 Å². The Hall–Kier alpha value is -1.51. The van der Waals surface area contributed by atoms with Crippen LogP contribution in [0.3, 0.4) is 0 Å². The summed E-state index contributed by atoms with van der Waals surface area (Å²) in [6.07, 6.45) is 8.48. The molecule has 1 aromatic carbocycles. The standard InChI is InChI=1S/C17H27NO2/c1-3-4-5-6-7-8-9-12-20-17(19)15-13-14(2)10-11-16(15)18/h10-11,13H,3-9,12,18H2,1-2H3. The van der Waals surface area contributed by atoms with Crippen molar-refractivity contribution in [1.29, 1.82) is 0 Å². The SMILES string of the molecule is CCCCCCCCCOC(=O)c1cc(C)ccc1N. The second-order valence-corrected chi connectivity index (χ2v) is 5.35. The van der Waals surface area contributed by atoms with Gasteiger partial charge in [0.15, 0.2) is 0 Å². The van der Waals surface area contributed by atoms with E-state index in [0.717, 1.165) is 18.4 Å². The third-order valence-electron chi connectivity index (χ3n) is 3.41. The Morgan fingerprint density at radius 1 is 1.10 bits per heavy atom. The number of rotatable bonds is 9. The third-order valence-corrected chi connectivity index (χ3v) is 3.41. The summed E-state index contributed by atoms with van der Waals surface area (Å²) in [5.74, 6) is -0.308. The molecule has 3 nitrogen and oxygen atoms in total. The molecule has 0 spiro atoms. The number of carbonyl (C=O) groups excluding carboxylic acids is 1. The monoisotopic (exact) mass is 277 g/mol. The summed E-state index contributed by atoms with van der Waals surface area (Å²) in [6, 6.07) is 5.42. The Morgan fingerprint density at radius 2 is 1.75 bits per heavy atom. The van der Waals surface area contributed by atoms with Gasteiger partial charge >= 0.3 is 5.97 Å². The summed E-state index contributed by atoms with van der Waals surface area (Å²) in [4.78, 5) is 11.9. The number of nitrogen functional groups attached to an aromatic ring is 1. The number of benzene rings is 1. The van der Waals surface area contributed by atoms with Crippen LogP contribution in [0, 0.1) is 6.92 Å². The second-order valence-electron chi connectivity index (χ2n) is 5.35. The van der Waals surface area contributed by atoms with Crippen LogP contribution in [-0.2, 0) is 4.74 Å². The minimum atomic E-state index is -0.308. The molecule has 0 aliphatic carbocycles. The lowest BCUT2D eigenvalue weighted by Gasteiger charge is -2.08. The minimum Gasteiger partial charge on any atom is -0.462 e. The van der Waals surface area contributed by atoms with Gasteiger partial charge in [0, 0.05) is 5.69 Å². The number of hydrogen-bond acceptors (Lipinski definition) is 3. The Labute approximate surface area is 122 Å². The van der Waals surface area contributed by atoms with Gasteiger partial charge in [0.25, 0.3) is 0 Å². The van der Waals surface area contributed by atoms with Crippen LogP contribution in [0.15, 0.2) is 18.2 Å². The number of nitrogens with two attached hydrogens (primary N) is 1. The van der Waals surface area contributed by atoms with Gasteiger partial charge in [-0.15, -0.1) is 0 Å². The molecular weight excluding hydrogens is 250 g/mol. The maximum Gasteiger partial charge on any atom is 0.340 e. The van der Waals surface area contributed by atoms with Crippen LogP contribution in [0.25, 0.3) is 0 Å². The molecule has 0 saturated carbocycles. The molecule has 0 aromatic heterocycles. The number of anilines is 1. The number of carbonyl (C=O) groups is 1. The highest BCUT2D eigenvalue weighted by Crippen LogP contribution is 2.15. The summed E-state index contributed by atoms with van der Waals surface area (Å²) in [6.45, 7) is 4.64. The van der Waals surface area contributed by atoms with Gasteiger partial charge in [-0.25, -0.2) is 4.79 Å². The normalized spacial score (nSPS) is 10.5. The van der Waals surface area contributed by atoms with Crippen molar-refractivity contribution in [2.24, 2.45) is 0 Å². The predicted molar refractivity (Wildman–Crippen MR) is 83.9 cm³/mol. The van der Waals surface area contributed by atoms with Gasteiger partial charge in [0.2, 0.25) is 0 Å². The van der Waals surface area contributed by atoms with E-state index in [1.165, 1.54) is 32.1 Å². The fraction of sp³-hybridized carbons (Fsp3) is 0.588. The smallest absolute Gasteiger partial charge is 0.340 e. The Morgan fingerprint density at radius 3 is 2.45 bits per heavy atom. The van der Waals surface area contributed by atoms with Crippen molar-refractivity contribution >= 4 is 11.7 Å². The molecule has 3 heteroatoms. The minimum absolute atomic E-state index is 0.308. The van der Waals surface area contributed by atoms with Crippen molar-refractivity contribution in [3.63, 3.8) is 0 Å². The maximum atomic E-state index is 11.9. The van der Waals surface area contributed by atoms with Crippen LogP contribution in [0.1, 0.15) is 67.8 Å². The first-order valence-electron chi connectivity index (χ1n) is 7.68. The highest BCUT2D eigenvalue weighted by Gasteiger charge is 2.10. The molecule has 0 atom stereocenters. The molecule has 0 fully saturated rings. The molecule has 20 heavy (non-hydrogen) atoms. The van der Waals surface area contributed by atoms with E-state index in [9.17, 15) is 4.79 Å². The van der Waals surface area contributed by atoms with E-state index in [0.29, 0.717) is 17.9 Å². The van der Waals surface area contributed by atoms with E-state index >= 15 is 0 Å². The zero-order chi connectivity index (χ0) is 14.8. The Kier molecular flexibility index (Phi) is 7.78. The summed E-state index contributed by atoms with van der Waals surface area (Å²) in [5.41, 5.74) is 7.77. The lowest BCUT2D eigenvalue weighted by Crippen LogP contribution is -2.09. The van der Waals surface area contributed by atoms with Gasteiger partial charge in [-0.2, -0.15) is 0 Å². The third kappa shape index (κ3) is 6.09. The van der Waals surface area contributed by atoms with E-state index in [1.54, 1.807) is 12.1 Å². The van der Waals surface area contributed by atoms with Crippen molar-refractivity contribution in [3.05, 3.63) is 29.3 Å². The first-order chi connectivity index (χ1) is 9.65. The van der Waals surface area contributed by atoms with E-state index in [2.05, 4.69) is 6.92 Å². The van der Waals surface area contributed by atoms with Crippen LogP contribution < -0.4 is 5.73 Å². The van der Waals surface area contributed by atoms with Crippen molar-refractivity contribution < 1.29 is 9.53 Å². The van der Waals surface area contributed by atoms with Gasteiger partial charge in [-0.3, -0.25) is 0 Å². The van der Waals surface area contributed by atoms with Crippen LogP contribution in [0.2, 0.25) is 0 Å². The molecule has 112 valence electrons. The molecule has 0 saturated heterocycles. The molecule has 0 aliphatic rings. The van der Waals surface area contributed by atoms with Crippen LogP contribution >= 0.6 is 0 Å². The van der Waals surface area contributed by atoms with Crippen molar-refractivity contribution in [2.75, 3.05) is 12.3 Å². The molecule has 0 unspecified atom stereocenters. The molecule has 0 aliphatic heterocycles. The number of ether oxygens (including phenoxy) is 1. The Bertz CT molecular complexity index is 415. The molecule has 2 N–H and O–H groups in total. The summed E-state index contributed by atoms with van der Waals surface area (Å²) < 4.78 is 5.27.